The highest BCUT2D eigenvalue weighted by Crippen LogP contribution is 2.12. The zero-order valence-electron chi connectivity index (χ0n) is 7.38. The van der Waals surface area contributed by atoms with E-state index in [1.54, 1.807) is 30.3 Å². The number of anilines is 1. The Morgan fingerprint density at radius 2 is 2.07 bits per heavy atom. The third-order valence-corrected chi connectivity index (χ3v) is 1.61. The summed E-state index contributed by atoms with van der Waals surface area (Å²) in [5.41, 5.74) is 2.47. The molecule has 1 aromatic carbocycles. The average molecular weight is 194 g/mol. The van der Waals surface area contributed by atoms with E-state index in [4.69, 9.17) is 5.84 Å². The summed E-state index contributed by atoms with van der Waals surface area (Å²) in [6, 6.07) is 8.63. The SMILES string of the molecule is NNC(=O)CN(N=O)c1ccccc1. The van der Waals surface area contributed by atoms with E-state index in [9.17, 15) is 9.70 Å². The van der Waals surface area contributed by atoms with Crippen LogP contribution in [0.5, 0.6) is 0 Å². The van der Waals surface area contributed by atoms with E-state index in [0.29, 0.717) is 5.69 Å². The molecule has 0 bridgehead atoms. The van der Waals surface area contributed by atoms with E-state index in [1.165, 1.54) is 0 Å². The van der Waals surface area contributed by atoms with Crippen molar-refractivity contribution in [3.63, 3.8) is 0 Å². The minimum atomic E-state index is -0.478. The minimum absolute atomic E-state index is 0.190. The number of nitroso groups, excluding NO2 is 1. The fraction of sp³-hybridized carbons (Fsp3) is 0.125. The molecule has 0 aromatic heterocycles. The van der Waals surface area contributed by atoms with Crippen molar-refractivity contribution < 1.29 is 4.79 Å². The van der Waals surface area contributed by atoms with Crippen LogP contribution in [0.25, 0.3) is 0 Å². The van der Waals surface area contributed by atoms with Crippen molar-refractivity contribution in [1.29, 1.82) is 0 Å². The summed E-state index contributed by atoms with van der Waals surface area (Å²) in [4.78, 5) is 21.3. The number of hydrogen-bond acceptors (Lipinski definition) is 4. The summed E-state index contributed by atoms with van der Waals surface area (Å²) >= 11 is 0. The number of benzene rings is 1. The van der Waals surface area contributed by atoms with Gasteiger partial charge in [-0.1, -0.05) is 18.2 Å². The van der Waals surface area contributed by atoms with Gasteiger partial charge in [-0.25, -0.2) is 10.9 Å². The van der Waals surface area contributed by atoms with Crippen molar-refractivity contribution in [2.75, 3.05) is 11.6 Å². The lowest BCUT2D eigenvalue weighted by atomic mass is 10.3. The molecule has 14 heavy (non-hydrogen) atoms. The van der Waals surface area contributed by atoms with E-state index in [-0.39, 0.29) is 6.54 Å². The lowest BCUT2D eigenvalue weighted by molar-refractivity contribution is -0.119. The van der Waals surface area contributed by atoms with E-state index < -0.39 is 5.91 Å². The van der Waals surface area contributed by atoms with Gasteiger partial charge in [0, 0.05) is 0 Å². The Morgan fingerprint density at radius 3 is 2.57 bits per heavy atom. The summed E-state index contributed by atoms with van der Waals surface area (Å²) in [7, 11) is 0. The van der Waals surface area contributed by atoms with Gasteiger partial charge >= 0.3 is 0 Å². The molecule has 6 nitrogen and oxygen atoms in total. The molecule has 0 saturated heterocycles. The van der Waals surface area contributed by atoms with Crippen molar-refractivity contribution in [2.24, 2.45) is 11.1 Å². The molecule has 0 atom stereocenters. The van der Waals surface area contributed by atoms with Crippen LogP contribution in [0, 0.1) is 4.91 Å². The highest BCUT2D eigenvalue weighted by molar-refractivity contribution is 5.80. The predicted molar refractivity (Wildman–Crippen MR) is 51.9 cm³/mol. The van der Waals surface area contributed by atoms with Gasteiger partial charge in [-0.3, -0.25) is 10.2 Å². The first-order chi connectivity index (χ1) is 6.77. The van der Waals surface area contributed by atoms with Gasteiger partial charge in [-0.15, -0.1) is 4.91 Å². The van der Waals surface area contributed by atoms with Gasteiger partial charge in [0.05, 0.1) is 11.0 Å². The van der Waals surface area contributed by atoms with E-state index in [0.717, 1.165) is 5.01 Å². The Morgan fingerprint density at radius 1 is 1.43 bits per heavy atom. The van der Waals surface area contributed by atoms with Crippen molar-refractivity contribution in [3.05, 3.63) is 35.2 Å². The van der Waals surface area contributed by atoms with Gasteiger partial charge in [0.25, 0.3) is 5.91 Å². The Labute approximate surface area is 80.6 Å². The fourth-order valence-electron chi connectivity index (χ4n) is 0.949. The Kier molecular flexibility index (Phi) is 3.57. The Hall–Kier alpha value is -1.95. The fourth-order valence-corrected chi connectivity index (χ4v) is 0.949. The van der Waals surface area contributed by atoms with E-state index in [2.05, 4.69) is 5.29 Å². The first-order valence-electron chi connectivity index (χ1n) is 3.93. The standard InChI is InChI=1S/C8H10N4O2/c9-10-8(13)6-12(11-14)7-4-2-1-3-5-7/h1-5H,6,9H2,(H,10,13). The van der Waals surface area contributed by atoms with Crippen LogP contribution in [0.4, 0.5) is 5.69 Å². The van der Waals surface area contributed by atoms with Crippen molar-refractivity contribution in [3.8, 4) is 0 Å². The number of rotatable bonds is 4. The zero-order valence-corrected chi connectivity index (χ0v) is 7.38. The molecule has 0 radical (unpaired) electrons. The summed E-state index contributed by atoms with van der Waals surface area (Å²) in [6.45, 7) is -0.190. The van der Waals surface area contributed by atoms with Crippen LogP contribution in [0.15, 0.2) is 35.6 Å². The van der Waals surface area contributed by atoms with Crippen LogP contribution in [0.2, 0.25) is 0 Å². The predicted octanol–water partition coefficient (Wildman–Crippen LogP) is 0.164. The quantitative estimate of drug-likeness (QED) is 0.309. The number of hydrazine groups is 1. The van der Waals surface area contributed by atoms with Gasteiger partial charge in [-0.2, -0.15) is 0 Å². The molecule has 0 saturated carbocycles. The van der Waals surface area contributed by atoms with Crippen LogP contribution in [-0.2, 0) is 4.79 Å². The highest BCUT2D eigenvalue weighted by Gasteiger charge is 2.09. The summed E-state index contributed by atoms with van der Waals surface area (Å²) in [5, 5.41) is 3.73. The first-order valence-corrected chi connectivity index (χ1v) is 3.93. The van der Waals surface area contributed by atoms with Gasteiger partial charge in [0.15, 0.2) is 0 Å². The van der Waals surface area contributed by atoms with E-state index >= 15 is 0 Å². The normalized spacial score (nSPS) is 9.21. The molecule has 0 aliphatic carbocycles. The molecule has 6 heteroatoms. The molecule has 1 amide bonds. The average Bonchev–Trinajstić information content (AvgIpc) is 2.26. The molecule has 3 N–H and O–H groups in total. The van der Waals surface area contributed by atoms with Crippen molar-refractivity contribution >= 4 is 11.6 Å². The summed E-state index contributed by atoms with van der Waals surface area (Å²) in [6.07, 6.45) is 0. The molecule has 0 heterocycles. The van der Waals surface area contributed by atoms with Crippen LogP contribution in [0.1, 0.15) is 0 Å². The first kappa shape index (κ1) is 10.1. The molecular formula is C8H10N4O2. The number of carbonyl (C=O) groups is 1. The number of hydrogen-bond donors (Lipinski definition) is 2. The lowest BCUT2D eigenvalue weighted by Crippen LogP contribution is -2.38. The van der Waals surface area contributed by atoms with Crippen LogP contribution < -0.4 is 16.3 Å². The van der Waals surface area contributed by atoms with Gasteiger partial charge < -0.3 is 0 Å². The van der Waals surface area contributed by atoms with Crippen LogP contribution in [-0.4, -0.2) is 12.5 Å². The van der Waals surface area contributed by atoms with Crippen LogP contribution in [0.3, 0.4) is 0 Å². The maximum Gasteiger partial charge on any atom is 0.255 e. The Balaban J connectivity index is 2.73. The molecule has 1 aromatic rings. The van der Waals surface area contributed by atoms with Gasteiger partial charge in [0.2, 0.25) is 0 Å². The topological polar surface area (TPSA) is 87.8 Å². The van der Waals surface area contributed by atoms with Gasteiger partial charge in [0.1, 0.15) is 6.54 Å². The number of amides is 1. The molecule has 0 aliphatic heterocycles. The second-order valence-corrected chi connectivity index (χ2v) is 2.54. The molecule has 0 spiro atoms. The largest absolute Gasteiger partial charge is 0.293 e. The third kappa shape index (κ3) is 2.53. The number of nitrogens with two attached hydrogens (primary N) is 1. The second kappa shape index (κ2) is 4.93. The Bertz CT molecular complexity index is 314. The number of nitrogens with zero attached hydrogens (tertiary/aromatic N) is 2. The molecule has 0 fully saturated rings. The highest BCUT2D eigenvalue weighted by atomic mass is 16.3. The maximum atomic E-state index is 10.9. The summed E-state index contributed by atoms with van der Waals surface area (Å²) in [5.74, 6) is 4.40. The van der Waals surface area contributed by atoms with Crippen molar-refractivity contribution in [2.45, 2.75) is 0 Å². The lowest BCUT2D eigenvalue weighted by Gasteiger charge is -2.13. The zero-order chi connectivity index (χ0) is 10.4. The monoisotopic (exact) mass is 194 g/mol. The molecule has 0 unspecified atom stereocenters. The summed E-state index contributed by atoms with van der Waals surface area (Å²) < 4.78 is 0. The minimum Gasteiger partial charge on any atom is -0.293 e. The molecular weight excluding hydrogens is 184 g/mol. The maximum absolute atomic E-state index is 10.9. The molecule has 74 valence electrons. The van der Waals surface area contributed by atoms with Crippen molar-refractivity contribution in [1.82, 2.24) is 5.43 Å². The number of para-hydroxylation sites is 1. The smallest absolute Gasteiger partial charge is 0.255 e. The van der Waals surface area contributed by atoms with Gasteiger partial charge in [-0.05, 0) is 12.1 Å². The van der Waals surface area contributed by atoms with E-state index in [1.807, 2.05) is 5.43 Å². The second-order valence-electron chi connectivity index (χ2n) is 2.54. The molecule has 1 rings (SSSR count). The number of nitrogens with one attached hydrogen (secondary N) is 1. The number of carbonyl (C=O) groups excluding carboxylic acids is 1. The molecule has 0 aliphatic rings. The third-order valence-electron chi connectivity index (χ3n) is 1.61. The van der Waals surface area contributed by atoms with Crippen LogP contribution >= 0.6 is 0 Å².